The van der Waals surface area contributed by atoms with Gasteiger partial charge in [-0.3, -0.25) is 28.3 Å². The van der Waals surface area contributed by atoms with Crippen LogP contribution in [0.2, 0.25) is 0 Å². The number of allylic oxidation sites excluding steroid dienone is 6. The molecule has 2 heterocycles. The Morgan fingerprint density at radius 1 is 0.810 bits per heavy atom. The number of carbonyl (C=O) groups excluding carboxylic acids is 3. The molecule has 1 amide bonds. The lowest BCUT2D eigenvalue weighted by atomic mass is 9.79. The van der Waals surface area contributed by atoms with Gasteiger partial charge in [0.2, 0.25) is 5.69 Å². The van der Waals surface area contributed by atoms with E-state index in [0.717, 1.165) is 28.2 Å². The maximum atomic E-state index is 13.6. The second kappa shape index (κ2) is 18.4. The summed E-state index contributed by atoms with van der Waals surface area (Å²) in [4.78, 5) is 52.5. The second-order valence-corrected chi connectivity index (χ2v) is 18.7. The quantitative estimate of drug-likeness (QED) is 0.0508. The van der Waals surface area contributed by atoms with Crippen LogP contribution in [0.5, 0.6) is 0 Å². The van der Waals surface area contributed by atoms with E-state index in [0.29, 0.717) is 36.1 Å². The number of hydrogen-bond donors (Lipinski definition) is 4. The van der Waals surface area contributed by atoms with E-state index in [2.05, 4.69) is 5.32 Å². The predicted octanol–water partition coefficient (Wildman–Crippen LogP) is 6.19. The van der Waals surface area contributed by atoms with Crippen molar-refractivity contribution >= 4 is 60.8 Å². The van der Waals surface area contributed by atoms with Gasteiger partial charge in [0, 0.05) is 77.0 Å². The molecule has 0 spiro atoms. The molecule has 2 aromatic rings. The Balaban J connectivity index is 1.78. The number of benzene rings is 2. The highest BCUT2D eigenvalue weighted by atomic mass is 32.2. The van der Waals surface area contributed by atoms with Crippen molar-refractivity contribution in [2.45, 2.75) is 90.9 Å². The van der Waals surface area contributed by atoms with Gasteiger partial charge in [-0.15, -0.1) is 0 Å². The van der Waals surface area contributed by atoms with Gasteiger partial charge in [-0.1, -0.05) is 45.9 Å². The van der Waals surface area contributed by atoms with Crippen LogP contribution in [-0.4, -0.2) is 95.9 Å². The summed E-state index contributed by atoms with van der Waals surface area (Å²) in [6.45, 7) is 11.5. The van der Waals surface area contributed by atoms with Crippen molar-refractivity contribution in [2.24, 2.45) is 0 Å². The molecule has 0 bridgehead atoms. The Kier molecular flexibility index (Phi) is 14.6. The van der Waals surface area contributed by atoms with Crippen LogP contribution in [0.15, 0.2) is 66.4 Å². The molecule has 2 aliphatic rings. The fourth-order valence-electron chi connectivity index (χ4n) is 7.73. The molecule has 14 nitrogen and oxygen atoms in total. The fourth-order valence-corrected chi connectivity index (χ4v) is 8.72. The zero-order chi connectivity index (χ0) is 43.2. The highest BCUT2D eigenvalue weighted by molar-refractivity contribution is 7.86. The smallest absolute Gasteiger partial charge is 0.322 e. The van der Waals surface area contributed by atoms with Crippen LogP contribution >= 0.6 is 0 Å². The summed E-state index contributed by atoms with van der Waals surface area (Å²) >= 11 is 0. The molecule has 0 unspecified atom stereocenters. The minimum Gasteiger partial charge on any atom is -0.480 e. The number of Topliss-reactive ketones (excluding diaryl/α,β-unsaturated/α-hetero) is 2. The third-order valence-electron chi connectivity index (χ3n) is 10.4. The number of nitrogens with zero attached hydrogens (tertiary/aromatic N) is 2. The number of carbonyl (C=O) groups is 4. The van der Waals surface area contributed by atoms with E-state index >= 15 is 0 Å². The number of aliphatic carboxylic acids is 1. The minimum atomic E-state index is -4.26. The molecule has 2 aromatic carbocycles. The Morgan fingerprint density at radius 3 is 2.07 bits per heavy atom. The van der Waals surface area contributed by atoms with Gasteiger partial charge in [0.1, 0.15) is 13.1 Å². The fraction of sp³-hybridized carbons (Fsp3) is 0.452. The van der Waals surface area contributed by atoms with E-state index in [1.165, 1.54) is 0 Å². The van der Waals surface area contributed by atoms with Crippen LogP contribution in [0.1, 0.15) is 122 Å². The highest BCUT2D eigenvalue weighted by Gasteiger charge is 2.45. The first-order valence-corrected chi connectivity index (χ1v) is 22.5. The van der Waals surface area contributed by atoms with Gasteiger partial charge in [0.05, 0.1) is 16.9 Å². The van der Waals surface area contributed by atoms with Gasteiger partial charge in [-0.25, -0.2) is 0 Å². The van der Waals surface area contributed by atoms with Gasteiger partial charge in [0.15, 0.2) is 17.3 Å². The molecule has 0 fully saturated rings. The largest absolute Gasteiger partial charge is 0.480 e. The molecule has 0 atom stereocenters. The van der Waals surface area contributed by atoms with Crippen molar-refractivity contribution in [3.05, 3.63) is 94.2 Å². The first-order valence-electron chi connectivity index (χ1n) is 19.3. The lowest BCUT2D eigenvalue weighted by Gasteiger charge is -2.27. The van der Waals surface area contributed by atoms with Gasteiger partial charge in [-0.2, -0.15) is 21.4 Å². The molecule has 58 heavy (non-hydrogen) atoms. The van der Waals surface area contributed by atoms with E-state index < -0.39 is 61.0 Å². The van der Waals surface area contributed by atoms with E-state index in [9.17, 15) is 45.1 Å². The van der Waals surface area contributed by atoms with E-state index in [-0.39, 0.29) is 49.5 Å². The monoisotopic (exact) mass is 840 g/mol. The van der Waals surface area contributed by atoms with Crippen molar-refractivity contribution in [2.75, 3.05) is 36.0 Å². The van der Waals surface area contributed by atoms with Crippen LogP contribution in [0.3, 0.4) is 0 Å². The van der Waals surface area contributed by atoms with E-state index in [4.69, 9.17) is 5.11 Å². The number of carboxylic acid groups (broad SMARTS) is 1. The first-order chi connectivity index (χ1) is 27.0. The third-order valence-corrected chi connectivity index (χ3v) is 12.0. The summed E-state index contributed by atoms with van der Waals surface area (Å²) in [7, 11) is -8.48. The SMILES string of the molecule is CCCC(=O)c1cc(C(=O)CCC)c2c(c1)N(CCCS(=O)(=O)O)C(=CC=CC=CC1=[N+](CCCS(=O)(=O)O)c3ccc(C(=O)NCC(=O)O)cc3C1(C)C)C2(C)C. The summed E-state index contributed by atoms with van der Waals surface area (Å²) in [5.74, 6) is -2.88. The third kappa shape index (κ3) is 10.8. The van der Waals surface area contributed by atoms with Crippen LogP contribution in [0.25, 0.3) is 0 Å². The van der Waals surface area contributed by atoms with Gasteiger partial charge in [0.25, 0.3) is 26.1 Å². The molecular weight excluding hydrogens is 787 g/mol. The number of rotatable bonds is 20. The molecule has 0 radical (unpaired) electrons. The summed E-state index contributed by atoms with van der Waals surface area (Å²) < 4.78 is 67.4. The summed E-state index contributed by atoms with van der Waals surface area (Å²) in [6, 6.07) is 8.41. The van der Waals surface area contributed by atoms with Crippen LogP contribution in [-0.2, 0) is 35.9 Å². The number of fused-ring (bicyclic) bond motifs is 2. The lowest BCUT2D eigenvalue weighted by Crippen LogP contribution is -2.30. The summed E-state index contributed by atoms with van der Waals surface area (Å²) in [5.41, 5.74) is 4.01. The molecule has 0 aromatic heterocycles. The summed E-state index contributed by atoms with van der Waals surface area (Å²) in [6.07, 6.45) is 11.1. The van der Waals surface area contributed by atoms with Crippen LogP contribution < -0.4 is 10.2 Å². The summed E-state index contributed by atoms with van der Waals surface area (Å²) in [5, 5.41) is 11.4. The number of anilines is 1. The normalized spacial score (nSPS) is 16.7. The highest BCUT2D eigenvalue weighted by Crippen LogP contribution is 2.50. The first kappa shape index (κ1) is 45.9. The molecule has 16 heteroatoms. The van der Waals surface area contributed by atoms with Gasteiger partial charge in [-0.05, 0) is 69.0 Å². The van der Waals surface area contributed by atoms with Crippen LogP contribution in [0.4, 0.5) is 11.4 Å². The average molecular weight is 841 g/mol. The zero-order valence-electron chi connectivity index (χ0n) is 33.9. The Labute approximate surface area is 340 Å². The molecule has 4 rings (SSSR count). The van der Waals surface area contributed by atoms with Crippen molar-refractivity contribution in [3.63, 3.8) is 0 Å². The number of amides is 1. The molecule has 0 saturated carbocycles. The Bertz CT molecular complexity index is 2320. The van der Waals surface area contributed by atoms with Crippen molar-refractivity contribution in [3.8, 4) is 0 Å². The maximum absolute atomic E-state index is 13.6. The Hall–Kier alpha value is -4.77. The molecule has 0 aliphatic carbocycles. The van der Waals surface area contributed by atoms with Crippen molar-refractivity contribution in [1.82, 2.24) is 5.32 Å². The van der Waals surface area contributed by atoms with Gasteiger partial charge >= 0.3 is 5.97 Å². The molecule has 2 aliphatic heterocycles. The lowest BCUT2D eigenvalue weighted by molar-refractivity contribution is -0.437. The number of ketones is 2. The molecule has 314 valence electrons. The topological polar surface area (TPSA) is 216 Å². The standard InChI is InChI=1S/C42H53N3O11S2/c1-7-14-34(46)29-24-30(35(47)15-8-2)39-33(26-29)45(21-13-23-58(54,55)56)37(42(39,5)6)17-11-9-10-16-36-41(3,4)31-25-28(40(50)43-27-38(48)49)18-19-32(31)44(36)20-12-22-57(51,52)53/h9-11,16-19,24-26H,7-8,12-15,20-23,27H2,1-6H3,(H3-,43,48,49,50,51,52,53,54,55,56)/p+1. The van der Waals surface area contributed by atoms with Gasteiger partial charge < -0.3 is 15.3 Å². The molecule has 0 saturated heterocycles. The molecular formula is C42H54N3O11S2+. The zero-order valence-corrected chi connectivity index (χ0v) is 35.5. The number of nitrogens with one attached hydrogen (secondary N) is 1. The average Bonchev–Trinajstić information content (AvgIpc) is 3.47. The number of carboxylic acids is 1. The molecule has 4 N–H and O–H groups in total. The van der Waals surface area contributed by atoms with E-state index in [1.807, 2.05) is 63.2 Å². The maximum Gasteiger partial charge on any atom is 0.322 e. The van der Waals surface area contributed by atoms with Crippen molar-refractivity contribution in [1.29, 1.82) is 0 Å². The number of hydrogen-bond acceptors (Lipinski definition) is 9. The minimum absolute atomic E-state index is 0.0744. The Morgan fingerprint density at radius 2 is 1.45 bits per heavy atom. The second-order valence-electron chi connectivity index (χ2n) is 15.6. The van der Waals surface area contributed by atoms with Crippen LogP contribution in [0, 0.1) is 0 Å². The van der Waals surface area contributed by atoms with E-state index in [1.54, 1.807) is 48.6 Å². The predicted molar refractivity (Wildman–Crippen MR) is 223 cm³/mol. The van der Waals surface area contributed by atoms with Crippen molar-refractivity contribution < 1.29 is 54.8 Å².